The molecule has 0 atom stereocenters. The molecule has 1 aliphatic rings. The summed E-state index contributed by atoms with van der Waals surface area (Å²) in [5.41, 5.74) is 2.75. The summed E-state index contributed by atoms with van der Waals surface area (Å²) in [6.45, 7) is 6.73. The summed E-state index contributed by atoms with van der Waals surface area (Å²) >= 11 is 0. The van der Waals surface area contributed by atoms with Crippen molar-refractivity contribution in [1.82, 2.24) is 4.90 Å². The molecule has 1 fully saturated rings. The van der Waals surface area contributed by atoms with Crippen LogP contribution in [0.2, 0.25) is 0 Å². The molecular formula is C27H28F3N3O3S. The van der Waals surface area contributed by atoms with Crippen LogP contribution in [0.3, 0.4) is 0 Å². The zero-order chi connectivity index (χ0) is 27.0. The number of piperazine rings is 1. The van der Waals surface area contributed by atoms with Crippen LogP contribution in [0.5, 0.6) is 0 Å². The molecule has 0 radical (unpaired) electrons. The number of carbonyl (C=O) groups excluding carboxylic acids is 1. The summed E-state index contributed by atoms with van der Waals surface area (Å²) in [4.78, 5) is 16.6. The van der Waals surface area contributed by atoms with Gasteiger partial charge in [0, 0.05) is 43.1 Å². The van der Waals surface area contributed by atoms with Crippen molar-refractivity contribution < 1.29 is 26.4 Å². The number of hydrogen-bond donors (Lipinski definition) is 1. The molecule has 0 aromatic heterocycles. The van der Waals surface area contributed by atoms with Crippen molar-refractivity contribution >= 4 is 27.3 Å². The van der Waals surface area contributed by atoms with E-state index in [4.69, 9.17) is 0 Å². The number of carbonyl (C=O) groups is 1. The van der Waals surface area contributed by atoms with Gasteiger partial charge in [-0.2, -0.15) is 13.2 Å². The molecule has 1 saturated heterocycles. The molecule has 37 heavy (non-hydrogen) atoms. The Hall–Kier alpha value is -3.53. The highest BCUT2D eigenvalue weighted by Gasteiger charge is 2.31. The van der Waals surface area contributed by atoms with Crippen LogP contribution in [0.15, 0.2) is 65.6 Å². The number of nitrogens with zero attached hydrogens (tertiary/aromatic N) is 2. The van der Waals surface area contributed by atoms with Gasteiger partial charge in [0.25, 0.3) is 15.9 Å². The molecule has 0 saturated carbocycles. The SMILES string of the molecule is Cc1cc(C)cc(NS(=O)(=O)c2cc(C(=O)N3CCN(c4cccc(C(F)(F)F)c4)CC3)ccc2C)c1. The normalized spacial score (nSPS) is 14.5. The van der Waals surface area contributed by atoms with E-state index < -0.39 is 21.8 Å². The van der Waals surface area contributed by atoms with E-state index in [1.165, 1.54) is 12.1 Å². The topological polar surface area (TPSA) is 69.7 Å². The minimum absolute atomic E-state index is 0.0140. The number of nitrogens with one attached hydrogen (secondary N) is 1. The molecule has 1 aliphatic heterocycles. The lowest BCUT2D eigenvalue weighted by atomic mass is 10.1. The molecule has 0 bridgehead atoms. The monoisotopic (exact) mass is 531 g/mol. The van der Waals surface area contributed by atoms with Crippen LogP contribution in [-0.4, -0.2) is 45.4 Å². The van der Waals surface area contributed by atoms with Gasteiger partial charge < -0.3 is 9.80 Å². The highest BCUT2D eigenvalue weighted by atomic mass is 32.2. The van der Waals surface area contributed by atoms with E-state index in [2.05, 4.69) is 4.72 Å². The molecular weight excluding hydrogens is 503 g/mol. The Morgan fingerprint density at radius 2 is 1.51 bits per heavy atom. The largest absolute Gasteiger partial charge is 0.416 e. The van der Waals surface area contributed by atoms with Crippen molar-refractivity contribution in [3.63, 3.8) is 0 Å². The number of hydrogen-bond acceptors (Lipinski definition) is 4. The first-order chi connectivity index (χ1) is 17.3. The summed E-state index contributed by atoms with van der Waals surface area (Å²) < 4.78 is 68.2. The standard InChI is InChI=1S/C27H28F3N3O3S/c1-18-13-19(2)15-23(14-18)31-37(35,36)25-16-21(8-7-20(25)3)26(34)33-11-9-32(10-12-33)24-6-4-5-22(17-24)27(28,29)30/h4-8,13-17,31H,9-12H2,1-3H3. The Labute approximate surface area is 214 Å². The van der Waals surface area contributed by atoms with Crippen molar-refractivity contribution in [2.45, 2.75) is 31.8 Å². The zero-order valence-corrected chi connectivity index (χ0v) is 21.6. The second-order valence-electron chi connectivity index (χ2n) is 9.29. The molecule has 196 valence electrons. The lowest BCUT2D eigenvalue weighted by Gasteiger charge is -2.36. The fourth-order valence-corrected chi connectivity index (χ4v) is 5.81. The first kappa shape index (κ1) is 26.5. The number of sulfonamides is 1. The van der Waals surface area contributed by atoms with E-state index >= 15 is 0 Å². The molecule has 1 amide bonds. The number of halogens is 3. The van der Waals surface area contributed by atoms with E-state index in [9.17, 15) is 26.4 Å². The van der Waals surface area contributed by atoms with Gasteiger partial charge in [0.1, 0.15) is 0 Å². The fourth-order valence-electron chi connectivity index (χ4n) is 4.50. The number of anilines is 2. The third kappa shape index (κ3) is 6.07. The number of alkyl halides is 3. The summed E-state index contributed by atoms with van der Waals surface area (Å²) in [7, 11) is -3.95. The van der Waals surface area contributed by atoms with Gasteiger partial charge in [0.05, 0.1) is 10.5 Å². The maximum Gasteiger partial charge on any atom is 0.416 e. The quantitative estimate of drug-likeness (QED) is 0.479. The summed E-state index contributed by atoms with van der Waals surface area (Å²) in [6.07, 6.45) is -4.43. The molecule has 1 N–H and O–H groups in total. The van der Waals surface area contributed by atoms with Gasteiger partial charge in [-0.3, -0.25) is 9.52 Å². The zero-order valence-electron chi connectivity index (χ0n) is 20.8. The van der Waals surface area contributed by atoms with Crippen molar-refractivity contribution in [2.75, 3.05) is 35.8 Å². The second kappa shape index (κ2) is 10.1. The van der Waals surface area contributed by atoms with Crippen molar-refractivity contribution in [3.05, 3.63) is 88.5 Å². The Bertz CT molecular complexity index is 1410. The van der Waals surface area contributed by atoms with E-state index in [1.807, 2.05) is 19.9 Å². The van der Waals surface area contributed by atoms with Gasteiger partial charge in [0.2, 0.25) is 0 Å². The third-order valence-corrected chi connectivity index (χ3v) is 7.83. The van der Waals surface area contributed by atoms with Crippen LogP contribution >= 0.6 is 0 Å². The maximum atomic E-state index is 13.2. The van der Waals surface area contributed by atoms with Crippen LogP contribution in [0.25, 0.3) is 0 Å². The lowest BCUT2D eigenvalue weighted by molar-refractivity contribution is -0.137. The molecule has 3 aromatic carbocycles. The molecule has 0 unspecified atom stereocenters. The number of rotatable bonds is 5. The second-order valence-corrected chi connectivity index (χ2v) is 10.9. The molecule has 0 aliphatic carbocycles. The first-order valence-electron chi connectivity index (χ1n) is 11.8. The summed E-state index contributed by atoms with van der Waals surface area (Å²) in [6, 6.07) is 15.1. The minimum atomic E-state index is -4.43. The lowest BCUT2D eigenvalue weighted by Crippen LogP contribution is -2.48. The van der Waals surface area contributed by atoms with Crippen LogP contribution in [0.4, 0.5) is 24.5 Å². The van der Waals surface area contributed by atoms with Gasteiger partial charge >= 0.3 is 6.18 Å². The predicted molar refractivity (Wildman–Crippen MR) is 137 cm³/mol. The van der Waals surface area contributed by atoms with Gasteiger partial charge in [-0.25, -0.2) is 8.42 Å². The number of aryl methyl sites for hydroxylation is 3. The van der Waals surface area contributed by atoms with E-state index in [1.54, 1.807) is 47.1 Å². The Balaban J connectivity index is 1.49. The summed E-state index contributed by atoms with van der Waals surface area (Å²) in [5, 5.41) is 0. The predicted octanol–water partition coefficient (Wildman–Crippen LogP) is 5.39. The number of amides is 1. The van der Waals surface area contributed by atoms with E-state index in [0.29, 0.717) is 43.1 Å². The Kier molecular flexibility index (Phi) is 7.23. The highest BCUT2D eigenvalue weighted by Crippen LogP contribution is 2.32. The van der Waals surface area contributed by atoms with Crippen molar-refractivity contribution in [3.8, 4) is 0 Å². The Morgan fingerprint density at radius 1 is 0.865 bits per heavy atom. The highest BCUT2D eigenvalue weighted by molar-refractivity contribution is 7.92. The molecule has 10 heteroatoms. The van der Waals surface area contributed by atoms with Gasteiger partial charge in [-0.1, -0.05) is 18.2 Å². The van der Waals surface area contributed by atoms with Crippen molar-refractivity contribution in [2.24, 2.45) is 0 Å². The number of benzene rings is 3. The molecule has 0 spiro atoms. The van der Waals surface area contributed by atoms with E-state index in [-0.39, 0.29) is 16.4 Å². The first-order valence-corrected chi connectivity index (χ1v) is 13.2. The molecule has 4 rings (SSSR count). The minimum Gasteiger partial charge on any atom is -0.368 e. The van der Waals surface area contributed by atoms with Crippen LogP contribution in [0.1, 0.15) is 32.6 Å². The third-order valence-electron chi connectivity index (χ3n) is 6.30. The van der Waals surface area contributed by atoms with Gasteiger partial charge in [0.15, 0.2) is 0 Å². The molecule has 1 heterocycles. The van der Waals surface area contributed by atoms with Gasteiger partial charge in [-0.15, -0.1) is 0 Å². The smallest absolute Gasteiger partial charge is 0.368 e. The Morgan fingerprint density at radius 3 is 2.14 bits per heavy atom. The van der Waals surface area contributed by atoms with Crippen LogP contribution < -0.4 is 9.62 Å². The molecule has 6 nitrogen and oxygen atoms in total. The van der Waals surface area contributed by atoms with Crippen LogP contribution in [-0.2, 0) is 16.2 Å². The van der Waals surface area contributed by atoms with Crippen LogP contribution in [0, 0.1) is 20.8 Å². The van der Waals surface area contributed by atoms with Gasteiger partial charge in [-0.05, 0) is 79.9 Å². The maximum absolute atomic E-state index is 13.2. The fraction of sp³-hybridized carbons (Fsp3) is 0.296. The van der Waals surface area contributed by atoms with E-state index in [0.717, 1.165) is 23.3 Å². The average Bonchev–Trinajstić information content (AvgIpc) is 2.82. The average molecular weight is 532 g/mol. The summed E-state index contributed by atoms with van der Waals surface area (Å²) in [5.74, 6) is -0.327. The van der Waals surface area contributed by atoms with Crippen molar-refractivity contribution in [1.29, 1.82) is 0 Å². The molecule has 3 aromatic rings.